The fraction of sp³-hybridized carbons (Fsp3) is 0.600. The Bertz CT molecular complexity index is 367. The summed E-state index contributed by atoms with van der Waals surface area (Å²) in [5.74, 6) is 1.46. The molecule has 2 aliphatic carbocycles. The van der Waals surface area contributed by atoms with Crippen molar-refractivity contribution in [2.75, 3.05) is 0 Å². The van der Waals surface area contributed by atoms with E-state index in [0.29, 0.717) is 5.92 Å². The van der Waals surface area contributed by atoms with Gasteiger partial charge in [-0.05, 0) is 42.2 Å². The second kappa shape index (κ2) is 4.21. The molecule has 1 heteroatoms. The van der Waals surface area contributed by atoms with Gasteiger partial charge in [0.1, 0.15) is 0 Å². The van der Waals surface area contributed by atoms with Crippen LogP contribution in [0.4, 0.5) is 0 Å². The van der Waals surface area contributed by atoms with Gasteiger partial charge in [-0.15, -0.1) is 0 Å². The Morgan fingerprint density at radius 3 is 2.69 bits per heavy atom. The zero-order valence-electron chi connectivity index (χ0n) is 9.73. The van der Waals surface area contributed by atoms with Crippen molar-refractivity contribution in [2.45, 2.75) is 50.5 Å². The molecule has 1 N–H and O–H groups in total. The van der Waals surface area contributed by atoms with Gasteiger partial charge in [0, 0.05) is 0 Å². The van der Waals surface area contributed by atoms with E-state index in [4.69, 9.17) is 0 Å². The minimum Gasteiger partial charge on any atom is -0.393 e. The van der Waals surface area contributed by atoms with E-state index in [1.165, 1.54) is 36.8 Å². The molecule has 0 radical (unpaired) electrons. The van der Waals surface area contributed by atoms with E-state index in [1.807, 2.05) is 0 Å². The van der Waals surface area contributed by atoms with Crippen molar-refractivity contribution in [1.82, 2.24) is 0 Å². The normalized spacial score (nSPS) is 25.4. The molecule has 0 spiro atoms. The molecule has 0 saturated heterocycles. The number of benzene rings is 1. The van der Waals surface area contributed by atoms with Crippen molar-refractivity contribution in [3.63, 3.8) is 0 Å². The molecule has 1 nitrogen and oxygen atoms in total. The smallest absolute Gasteiger partial charge is 0.0548 e. The Hall–Kier alpha value is -0.820. The zero-order valence-corrected chi connectivity index (χ0v) is 9.73. The molecule has 0 amide bonds. The number of hydrogen-bond acceptors (Lipinski definition) is 1. The third kappa shape index (κ3) is 1.89. The number of aliphatic hydroxyl groups excluding tert-OH is 1. The number of rotatable bonds is 4. The Morgan fingerprint density at radius 2 is 2.00 bits per heavy atom. The van der Waals surface area contributed by atoms with Crippen LogP contribution in [0.5, 0.6) is 0 Å². The SMILES string of the molecule is OC(CC1CCC1)CC1Cc2ccccc21. The molecule has 0 aromatic heterocycles. The molecule has 86 valence electrons. The van der Waals surface area contributed by atoms with Crippen LogP contribution in [0, 0.1) is 5.92 Å². The first-order valence-electron chi connectivity index (χ1n) is 6.59. The lowest BCUT2D eigenvalue weighted by Gasteiger charge is -2.34. The lowest BCUT2D eigenvalue weighted by Crippen LogP contribution is -2.25. The zero-order chi connectivity index (χ0) is 11.0. The molecule has 0 bridgehead atoms. The van der Waals surface area contributed by atoms with Crippen LogP contribution < -0.4 is 0 Å². The summed E-state index contributed by atoms with van der Waals surface area (Å²) in [7, 11) is 0. The molecule has 2 unspecified atom stereocenters. The van der Waals surface area contributed by atoms with E-state index >= 15 is 0 Å². The highest BCUT2D eigenvalue weighted by atomic mass is 16.3. The minimum absolute atomic E-state index is 0.0661. The first kappa shape index (κ1) is 10.3. The van der Waals surface area contributed by atoms with Crippen molar-refractivity contribution in [1.29, 1.82) is 0 Å². The average Bonchev–Trinajstić information content (AvgIpc) is 2.20. The molecular weight excluding hydrogens is 196 g/mol. The molecule has 16 heavy (non-hydrogen) atoms. The third-order valence-electron chi connectivity index (χ3n) is 4.35. The van der Waals surface area contributed by atoms with Gasteiger partial charge in [-0.25, -0.2) is 0 Å². The van der Waals surface area contributed by atoms with E-state index in [1.54, 1.807) is 0 Å². The minimum atomic E-state index is -0.0661. The summed E-state index contributed by atoms with van der Waals surface area (Å²) in [6.07, 6.45) is 7.20. The van der Waals surface area contributed by atoms with Gasteiger partial charge < -0.3 is 5.11 Å². The number of hydrogen-bond donors (Lipinski definition) is 1. The van der Waals surface area contributed by atoms with E-state index in [-0.39, 0.29) is 6.10 Å². The van der Waals surface area contributed by atoms with Crippen molar-refractivity contribution in [3.05, 3.63) is 35.4 Å². The highest BCUT2D eigenvalue weighted by Crippen LogP contribution is 2.40. The first-order valence-corrected chi connectivity index (χ1v) is 6.59. The molecule has 1 saturated carbocycles. The summed E-state index contributed by atoms with van der Waals surface area (Å²) >= 11 is 0. The molecule has 2 atom stereocenters. The fourth-order valence-electron chi connectivity index (χ4n) is 3.11. The molecule has 0 heterocycles. The van der Waals surface area contributed by atoms with Gasteiger partial charge in [0.05, 0.1) is 6.10 Å². The summed E-state index contributed by atoms with van der Waals surface area (Å²) in [5, 5.41) is 10.0. The second-order valence-corrected chi connectivity index (χ2v) is 5.52. The highest BCUT2D eigenvalue weighted by Gasteiger charge is 2.29. The van der Waals surface area contributed by atoms with E-state index < -0.39 is 0 Å². The fourth-order valence-corrected chi connectivity index (χ4v) is 3.11. The highest BCUT2D eigenvalue weighted by molar-refractivity contribution is 5.39. The van der Waals surface area contributed by atoms with Gasteiger partial charge >= 0.3 is 0 Å². The van der Waals surface area contributed by atoms with Gasteiger partial charge in [-0.3, -0.25) is 0 Å². The van der Waals surface area contributed by atoms with Crippen molar-refractivity contribution < 1.29 is 5.11 Å². The summed E-state index contributed by atoms with van der Waals surface area (Å²) < 4.78 is 0. The van der Waals surface area contributed by atoms with Crippen LogP contribution in [0.2, 0.25) is 0 Å². The standard InChI is InChI=1S/C15H20O/c16-14(8-11-4-3-5-11)10-13-9-12-6-1-2-7-15(12)13/h1-2,6-7,11,13-14,16H,3-5,8-10H2. The van der Waals surface area contributed by atoms with Crippen LogP contribution in [0.3, 0.4) is 0 Å². The van der Waals surface area contributed by atoms with Gasteiger partial charge in [0.2, 0.25) is 0 Å². The lowest BCUT2D eigenvalue weighted by molar-refractivity contribution is 0.101. The van der Waals surface area contributed by atoms with Crippen LogP contribution in [0.25, 0.3) is 0 Å². The van der Waals surface area contributed by atoms with Crippen LogP contribution in [-0.4, -0.2) is 11.2 Å². The van der Waals surface area contributed by atoms with E-state index in [0.717, 1.165) is 18.8 Å². The molecule has 0 aliphatic heterocycles. The summed E-state index contributed by atoms with van der Waals surface area (Å²) in [6.45, 7) is 0. The molecule has 1 aromatic carbocycles. The number of fused-ring (bicyclic) bond motifs is 1. The summed E-state index contributed by atoms with van der Waals surface area (Å²) in [4.78, 5) is 0. The van der Waals surface area contributed by atoms with Crippen LogP contribution in [-0.2, 0) is 6.42 Å². The maximum Gasteiger partial charge on any atom is 0.0548 e. The summed E-state index contributed by atoms with van der Waals surface area (Å²) in [6, 6.07) is 8.66. The van der Waals surface area contributed by atoms with Gasteiger partial charge in [0.25, 0.3) is 0 Å². The van der Waals surface area contributed by atoms with Gasteiger partial charge in [-0.1, -0.05) is 43.5 Å². The predicted molar refractivity (Wildman–Crippen MR) is 65.5 cm³/mol. The number of aliphatic hydroxyl groups is 1. The Morgan fingerprint density at radius 1 is 1.19 bits per heavy atom. The molecule has 1 fully saturated rings. The maximum atomic E-state index is 10.0. The molecule has 1 aromatic rings. The Labute approximate surface area is 97.5 Å². The van der Waals surface area contributed by atoms with Crippen molar-refractivity contribution >= 4 is 0 Å². The van der Waals surface area contributed by atoms with E-state index in [9.17, 15) is 5.11 Å². The third-order valence-corrected chi connectivity index (χ3v) is 4.35. The second-order valence-electron chi connectivity index (χ2n) is 5.52. The summed E-state index contributed by atoms with van der Waals surface area (Å²) in [5.41, 5.74) is 2.97. The first-order chi connectivity index (χ1) is 7.83. The Kier molecular flexibility index (Phi) is 2.72. The quantitative estimate of drug-likeness (QED) is 0.819. The maximum absolute atomic E-state index is 10.0. The topological polar surface area (TPSA) is 20.2 Å². The van der Waals surface area contributed by atoms with Crippen molar-refractivity contribution in [2.24, 2.45) is 5.92 Å². The predicted octanol–water partition coefficient (Wildman–Crippen LogP) is 3.27. The van der Waals surface area contributed by atoms with Crippen LogP contribution in [0.1, 0.15) is 49.1 Å². The lowest BCUT2D eigenvalue weighted by atomic mass is 9.73. The Balaban J connectivity index is 1.53. The van der Waals surface area contributed by atoms with Crippen LogP contribution >= 0.6 is 0 Å². The van der Waals surface area contributed by atoms with Gasteiger partial charge in [0.15, 0.2) is 0 Å². The monoisotopic (exact) mass is 216 g/mol. The van der Waals surface area contributed by atoms with Gasteiger partial charge in [-0.2, -0.15) is 0 Å². The van der Waals surface area contributed by atoms with Crippen molar-refractivity contribution in [3.8, 4) is 0 Å². The van der Waals surface area contributed by atoms with E-state index in [2.05, 4.69) is 24.3 Å². The molecule has 2 aliphatic rings. The molecule has 3 rings (SSSR count). The van der Waals surface area contributed by atoms with Crippen LogP contribution in [0.15, 0.2) is 24.3 Å². The average molecular weight is 216 g/mol. The largest absolute Gasteiger partial charge is 0.393 e. The molecular formula is C15H20O.